The number of hydrogen-bond acceptors (Lipinski definition) is 9. The van der Waals surface area contributed by atoms with E-state index in [9.17, 15) is 24.3 Å². The van der Waals surface area contributed by atoms with Gasteiger partial charge in [-0.05, 0) is 122 Å². The van der Waals surface area contributed by atoms with Gasteiger partial charge in [0.25, 0.3) is 11.8 Å². The van der Waals surface area contributed by atoms with Gasteiger partial charge in [-0.25, -0.2) is 5.43 Å². The predicted octanol–water partition coefficient (Wildman–Crippen LogP) is 7.94. The van der Waals surface area contributed by atoms with Gasteiger partial charge in [-0.3, -0.25) is 34.2 Å². The van der Waals surface area contributed by atoms with Crippen LogP contribution in [0.15, 0.2) is 73.1 Å². The van der Waals surface area contributed by atoms with Gasteiger partial charge in [-0.2, -0.15) is 0 Å². The first-order valence-electron chi connectivity index (χ1n) is 23.2. The highest BCUT2D eigenvalue weighted by molar-refractivity contribution is 5.99. The first-order valence-corrected chi connectivity index (χ1v) is 23.2. The van der Waals surface area contributed by atoms with Crippen LogP contribution in [0.1, 0.15) is 119 Å². The number of esters is 1. The molecular formula is C52H63N7O6. The molecule has 5 heterocycles. The fourth-order valence-corrected chi connectivity index (χ4v) is 9.76. The highest BCUT2D eigenvalue weighted by atomic mass is 16.5. The average molecular weight is 882 g/mol. The number of nitrogens with zero attached hydrogens (tertiary/aromatic N) is 5. The van der Waals surface area contributed by atoms with E-state index in [0.29, 0.717) is 49.4 Å². The summed E-state index contributed by atoms with van der Waals surface area (Å²) in [6.45, 7) is 15.5. The van der Waals surface area contributed by atoms with Crippen molar-refractivity contribution >= 4 is 34.6 Å². The van der Waals surface area contributed by atoms with Crippen LogP contribution < -0.4 is 10.7 Å². The van der Waals surface area contributed by atoms with Crippen molar-refractivity contribution in [2.24, 2.45) is 11.3 Å². The number of aromatic hydroxyl groups is 1. The molecule has 0 radical (unpaired) electrons. The molecule has 8 rings (SSSR count). The average Bonchev–Trinajstić information content (AvgIpc) is 4.10. The molecule has 3 amide bonds. The number of hydrazine groups is 1. The molecule has 3 aromatic heterocycles. The van der Waals surface area contributed by atoms with Crippen LogP contribution in [-0.2, 0) is 38.5 Å². The van der Waals surface area contributed by atoms with Crippen molar-refractivity contribution in [1.29, 1.82) is 0 Å². The number of likely N-dealkylation sites (N-methyl/N-ethyl adjacent to an activating group) is 1. The predicted molar refractivity (Wildman–Crippen MR) is 251 cm³/mol. The minimum atomic E-state index is -1.13. The topological polar surface area (TPSA) is 159 Å². The third-order valence-electron chi connectivity index (χ3n) is 13.2. The second-order valence-electron chi connectivity index (χ2n) is 19.7. The summed E-state index contributed by atoms with van der Waals surface area (Å²) in [7, 11) is 1.60. The Morgan fingerprint density at radius 2 is 1.78 bits per heavy atom. The molecule has 1 saturated carbocycles. The summed E-state index contributed by atoms with van der Waals surface area (Å²) in [6.07, 6.45) is 7.19. The van der Waals surface area contributed by atoms with Crippen LogP contribution in [0.5, 0.6) is 5.75 Å². The molecule has 65 heavy (non-hydrogen) atoms. The monoisotopic (exact) mass is 881 g/mol. The van der Waals surface area contributed by atoms with Crippen molar-refractivity contribution in [2.45, 2.75) is 123 Å². The maximum Gasteiger partial charge on any atom is 0.324 e. The van der Waals surface area contributed by atoms with Crippen LogP contribution in [0.2, 0.25) is 0 Å². The van der Waals surface area contributed by atoms with E-state index < -0.39 is 41.3 Å². The number of cyclic esters (lactones) is 1. The number of benzene rings is 2. The Hall–Kier alpha value is -6.08. The molecule has 3 atom stereocenters. The van der Waals surface area contributed by atoms with Crippen LogP contribution in [0, 0.1) is 11.3 Å². The maximum absolute atomic E-state index is 14.7. The number of fused-ring (bicyclic) bond motifs is 6. The van der Waals surface area contributed by atoms with Crippen molar-refractivity contribution < 1.29 is 29.0 Å². The zero-order chi connectivity index (χ0) is 46.3. The van der Waals surface area contributed by atoms with Crippen LogP contribution >= 0.6 is 0 Å². The zero-order valence-electron chi connectivity index (χ0n) is 39.0. The van der Waals surface area contributed by atoms with Gasteiger partial charge in [0.1, 0.15) is 23.9 Å². The van der Waals surface area contributed by atoms with Crippen molar-refractivity contribution in [2.75, 3.05) is 20.2 Å². The van der Waals surface area contributed by atoms with Crippen molar-refractivity contribution in [1.82, 2.24) is 35.2 Å². The third-order valence-corrected chi connectivity index (χ3v) is 13.2. The van der Waals surface area contributed by atoms with Crippen molar-refractivity contribution in [3.05, 3.63) is 101 Å². The Kier molecular flexibility index (Phi) is 12.9. The van der Waals surface area contributed by atoms with E-state index in [2.05, 4.69) is 79.2 Å². The summed E-state index contributed by atoms with van der Waals surface area (Å²) in [6, 6.07) is 16.5. The van der Waals surface area contributed by atoms with E-state index in [4.69, 9.17) is 9.72 Å². The molecule has 2 aliphatic heterocycles. The Labute approximate surface area is 381 Å². The van der Waals surface area contributed by atoms with Gasteiger partial charge in [0, 0.05) is 72.4 Å². The number of aryl methyl sites for hydroxylation is 1. The molecule has 3 N–H and O–H groups in total. The van der Waals surface area contributed by atoms with E-state index in [0.717, 1.165) is 63.1 Å². The van der Waals surface area contributed by atoms with E-state index in [-0.39, 0.29) is 36.5 Å². The lowest BCUT2D eigenvalue weighted by Crippen LogP contribution is -2.62. The number of nitrogens with one attached hydrogen (secondary N) is 2. The van der Waals surface area contributed by atoms with Crippen LogP contribution in [0.3, 0.4) is 0 Å². The summed E-state index contributed by atoms with van der Waals surface area (Å²) < 4.78 is 8.46. The number of hydrogen-bond donors (Lipinski definition) is 3. The van der Waals surface area contributed by atoms with Gasteiger partial charge < -0.3 is 24.6 Å². The molecule has 13 heteroatoms. The molecule has 342 valence electrons. The van der Waals surface area contributed by atoms with E-state index in [1.807, 2.05) is 38.2 Å². The minimum Gasteiger partial charge on any atom is -0.508 e. The lowest BCUT2D eigenvalue weighted by molar-refractivity contribution is -0.155. The van der Waals surface area contributed by atoms with E-state index in [1.54, 1.807) is 31.4 Å². The largest absolute Gasteiger partial charge is 0.508 e. The van der Waals surface area contributed by atoms with Gasteiger partial charge in [-0.15, -0.1) is 0 Å². The fraction of sp³-hybridized carbons (Fsp3) is 0.462. The molecule has 1 aliphatic carbocycles. The van der Waals surface area contributed by atoms with Gasteiger partial charge >= 0.3 is 5.97 Å². The molecule has 2 aromatic carbocycles. The zero-order valence-corrected chi connectivity index (χ0v) is 39.0. The number of phenols is 1. The van der Waals surface area contributed by atoms with Crippen molar-refractivity contribution in [3.63, 3.8) is 0 Å². The first kappa shape index (κ1) is 45.5. The summed E-state index contributed by atoms with van der Waals surface area (Å²) in [5, 5.41) is 16.8. The molecule has 13 nitrogen and oxygen atoms in total. The molecular weight excluding hydrogens is 819 g/mol. The SMILES string of the molecule is CCn1c(-c2cccnc2C(C)C)c2c3cc(ccc31)-c1cc(O)cc(c1)C[C@H](NC(=O)[C@H](C(C)C)N(C)C(=O)c1ccc(C3CC3)nc1)C(=O)N1CCC[C@H](N1)C(=O)OCC(C)(C)C2. The first-order chi connectivity index (χ1) is 31.0. The molecule has 6 bridgehead atoms. The Morgan fingerprint density at radius 1 is 1.00 bits per heavy atom. The Morgan fingerprint density at radius 3 is 2.48 bits per heavy atom. The quantitative estimate of drug-likeness (QED) is 0.125. The highest BCUT2D eigenvalue weighted by Gasteiger charge is 2.38. The number of amides is 3. The van der Waals surface area contributed by atoms with Crippen LogP contribution in [-0.4, -0.2) is 91.6 Å². The Bertz CT molecular complexity index is 2610. The summed E-state index contributed by atoms with van der Waals surface area (Å²) >= 11 is 0. The Balaban J connectivity index is 1.20. The minimum absolute atomic E-state index is 0.0141. The number of carbonyl (C=O) groups is 4. The van der Waals surface area contributed by atoms with Crippen LogP contribution in [0.25, 0.3) is 33.3 Å². The number of carbonyl (C=O) groups excluding carboxylic acids is 4. The molecule has 1 saturated heterocycles. The van der Waals surface area contributed by atoms with Gasteiger partial charge in [0.2, 0.25) is 5.91 Å². The summed E-state index contributed by atoms with van der Waals surface area (Å²) in [5.74, 6) is -1.46. The lowest BCUT2D eigenvalue weighted by atomic mass is 9.83. The number of ether oxygens (including phenoxy) is 1. The summed E-state index contributed by atoms with van der Waals surface area (Å²) in [4.78, 5) is 67.8. The van der Waals surface area contributed by atoms with E-state index >= 15 is 0 Å². The van der Waals surface area contributed by atoms with Gasteiger partial charge in [0.15, 0.2) is 0 Å². The molecule has 5 aromatic rings. The number of pyridine rings is 2. The number of rotatable bonds is 9. The molecule has 2 fully saturated rings. The van der Waals surface area contributed by atoms with Crippen LogP contribution in [0.4, 0.5) is 0 Å². The fourth-order valence-electron chi connectivity index (χ4n) is 9.76. The van der Waals surface area contributed by atoms with E-state index in [1.165, 1.54) is 9.91 Å². The smallest absolute Gasteiger partial charge is 0.324 e. The van der Waals surface area contributed by atoms with Crippen molar-refractivity contribution in [3.8, 4) is 28.1 Å². The molecule has 3 aliphatic rings. The third kappa shape index (κ3) is 9.52. The number of aromatic nitrogens is 3. The maximum atomic E-state index is 14.7. The number of phenolic OH excluding ortho intramolecular Hbond substituents is 1. The second kappa shape index (κ2) is 18.4. The van der Waals surface area contributed by atoms with Gasteiger partial charge in [-0.1, -0.05) is 53.7 Å². The molecule has 0 spiro atoms. The van der Waals surface area contributed by atoms with Gasteiger partial charge in [0.05, 0.1) is 23.6 Å². The highest BCUT2D eigenvalue weighted by Crippen LogP contribution is 2.42. The standard InChI is InChI=1S/C52H63N7O6/c1-9-58-44-19-17-34-26-39(44)40(47(58)38-12-10-20-53-45(38)30(2)3)27-52(6,7)29-65-51(64)42-13-11-21-59(56-42)50(63)43(24-32-22-36(34)25-37(60)23-32)55-48(61)46(31(4)5)57(8)49(62)35-16-18-41(54-28-35)33-14-15-33/h10,12,16-20,22-23,25-26,28,30-31,33,42-43,46,56,60H,9,11,13-15,21,24,27,29H2,1-8H3,(H,55,61)/t42-,43-,46-/m0/s1. The second-order valence-corrected chi connectivity index (χ2v) is 19.7. The molecule has 0 unspecified atom stereocenters. The lowest BCUT2D eigenvalue weighted by Gasteiger charge is -2.36. The normalized spacial score (nSPS) is 19.5. The summed E-state index contributed by atoms with van der Waals surface area (Å²) in [5.41, 5.74) is 11.5.